The zero-order valence-corrected chi connectivity index (χ0v) is 50.3. The lowest BCUT2D eigenvalue weighted by Crippen LogP contribution is -2.58. The van der Waals surface area contributed by atoms with Crippen LogP contribution in [0.4, 0.5) is 19.2 Å². The number of aryl methyl sites for hydroxylation is 3. The number of nitrogens with zero attached hydrogens (tertiary/aromatic N) is 1. The van der Waals surface area contributed by atoms with E-state index in [1.807, 2.05) is 66.7 Å². The van der Waals surface area contributed by atoms with Gasteiger partial charge in [-0.05, 0) is 115 Å². The zero-order valence-electron chi connectivity index (χ0n) is 50.3. The van der Waals surface area contributed by atoms with E-state index in [-0.39, 0.29) is 83.3 Å². The molecule has 22 heteroatoms. The monoisotopic (exact) mass is 1220 g/mol. The van der Waals surface area contributed by atoms with Crippen LogP contribution in [0.15, 0.2) is 163 Å². The molecule has 0 heterocycles. The summed E-state index contributed by atoms with van der Waals surface area (Å²) in [4.78, 5) is 114. The van der Waals surface area contributed by atoms with Crippen molar-refractivity contribution in [1.29, 1.82) is 0 Å². The molecule has 4 atom stereocenters. The number of hydrogen-bond donors (Lipinski definition) is 9. The first kappa shape index (κ1) is 67.9. The number of aromatic hydroxyl groups is 1. The van der Waals surface area contributed by atoms with Crippen LogP contribution in [0.2, 0.25) is 0 Å². The van der Waals surface area contributed by atoms with E-state index in [0.29, 0.717) is 46.2 Å². The first-order valence-corrected chi connectivity index (χ1v) is 29.5. The molecule has 0 saturated carbocycles. The van der Waals surface area contributed by atoms with Gasteiger partial charge in [0, 0.05) is 25.9 Å². The Morgan fingerprint density at radius 3 is 1.45 bits per heavy atom. The molecule has 0 aliphatic heterocycles. The summed E-state index contributed by atoms with van der Waals surface area (Å²) in [5, 5.41) is 28.9. The predicted octanol–water partition coefficient (Wildman–Crippen LogP) is 8.07. The van der Waals surface area contributed by atoms with Gasteiger partial charge in [0.2, 0.25) is 29.6 Å². The van der Waals surface area contributed by atoms with E-state index in [1.54, 1.807) is 92.7 Å². The van der Waals surface area contributed by atoms with E-state index in [9.17, 15) is 43.5 Å². The predicted molar refractivity (Wildman–Crippen MR) is 334 cm³/mol. The van der Waals surface area contributed by atoms with E-state index >= 15 is 0 Å². The Balaban J connectivity index is 1.23. The van der Waals surface area contributed by atoms with Crippen molar-refractivity contribution in [3.8, 4) is 5.75 Å². The van der Waals surface area contributed by atoms with Gasteiger partial charge in [-0.15, -0.1) is 0 Å². The Morgan fingerprint density at radius 2 is 0.910 bits per heavy atom. The SMILES string of the molecule is CCCc1cccc(COC(=O)NC(=NCCCC(NC(=O)C(Cc2c(C)cc(O)cc2C)NC(=O)OCc2ccccc2)C(=O)NC(Cc2ccccc2)C(=O)NC(CCCCNC(=O)OCc2ccccc2)C(N)=O)NC(=O)OCc2ccccc2)c1. The summed E-state index contributed by atoms with van der Waals surface area (Å²) in [5.41, 5.74) is 12.3. The smallest absolute Gasteiger partial charge is 0.414 e. The molecule has 10 N–H and O–H groups in total. The second-order valence-corrected chi connectivity index (χ2v) is 21.1. The van der Waals surface area contributed by atoms with Crippen LogP contribution in [0.25, 0.3) is 0 Å². The lowest BCUT2D eigenvalue weighted by atomic mass is 9.95. The van der Waals surface area contributed by atoms with Gasteiger partial charge < -0.3 is 56.4 Å². The quantitative estimate of drug-likeness (QED) is 0.00862. The minimum absolute atomic E-state index is 0.00974. The summed E-state index contributed by atoms with van der Waals surface area (Å²) in [6, 6.07) is 40.9. The van der Waals surface area contributed by atoms with Crippen molar-refractivity contribution in [2.45, 2.75) is 129 Å². The fourth-order valence-corrected chi connectivity index (χ4v) is 9.38. The molecule has 0 saturated heterocycles. The summed E-state index contributed by atoms with van der Waals surface area (Å²) in [6.07, 6.45) is -1.32. The molecule has 0 fully saturated rings. The number of ether oxygens (including phenoxy) is 4. The molecule has 0 aliphatic rings. The number of carbonyl (C=O) groups excluding carboxylic acids is 8. The number of amides is 8. The fourth-order valence-electron chi connectivity index (χ4n) is 9.38. The maximum atomic E-state index is 14.9. The minimum atomic E-state index is -1.47. The molecule has 470 valence electrons. The number of phenols is 1. The number of carbonyl (C=O) groups is 8. The molecule has 4 unspecified atom stereocenters. The second kappa shape index (κ2) is 36.7. The first-order chi connectivity index (χ1) is 43.0. The van der Waals surface area contributed by atoms with Crippen molar-refractivity contribution in [3.63, 3.8) is 0 Å². The third-order valence-electron chi connectivity index (χ3n) is 14.0. The van der Waals surface area contributed by atoms with Gasteiger partial charge >= 0.3 is 24.4 Å². The number of primary amides is 1. The van der Waals surface area contributed by atoms with Gasteiger partial charge in [0.1, 0.15) is 56.3 Å². The fraction of sp³-hybridized carbons (Fsp3) is 0.328. The number of aliphatic imine (C=N–C) groups is 1. The van der Waals surface area contributed by atoms with Crippen LogP contribution in [0, 0.1) is 13.8 Å². The molecule has 22 nitrogen and oxygen atoms in total. The topological polar surface area (TPSA) is 316 Å². The van der Waals surface area contributed by atoms with Crippen LogP contribution in [0.5, 0.6) is 5.75 Å². The molecule has 0 spiro atoms. The van der Waals surface area contributed by atoms with E-state index in [1.165, 1.54) is 12.1 Å². The lowest BCUT2D eigenvalue weighted by Gasteiger charge is -2.27. The number of hydrogen-bond acceptors (Lipinski definition) is 14. The number of guanidine groups is 1. The van der Waals surface area contributed by atoms with Crippen molar-refractivity contribution in [2.24, 2.45) is 10.7 Å². The average Bonchev–Trinajstić information content (AvgIpc) is 3.72. The van der Waals surface area contributed by atoms with Gasteiger partial charge in [-0.2, -0.15) is 0 Å². The van der Waals surface area contributed by atoms with Crippen molar-refractivity contribution in [2.75, 3.05) is 13.1 Å². The number of nitrogens with two attached hydrogens (primary N) is 1. The molecule has 0 aliphatic carbocycles. The highest BCUT2D eigenvalue weighted by Crippen LogP contribution is 2.23. The van der Waals surface area contributed by atoms with Gasteiger partial charge in [-0.3, -0.25) is 34.8 Å². The molecule has 8 amide bonds. The van der Waals surface area contributed by atoms with Crippen LogP contribution in [-0.2, 0) is 83.8 Å². The summed E-state index contributed by atoms with van der Waals surface area (Å²) < 4.78 is 21.7. The molecule has 89 heavy (non-hydrogen) atoms. The molecule has 0 radical (unpaired) electrons. The van der Waals surface area contributed by atoms with Gasteiger partial charge in [-0.1, -0.05) is 159 Å². The second-order valence-electron chi connectivity index (χ2n) is 21.1. The Bertz CT molecular complexity index is 3280. The number of rotatable bonds is 31. The highest BCUT2D eigenvalue weighted by molar-refractivity contribution is 6.01. The van der Waals surface area contributed by atoms with Gasteiger partial charge in [0.05, 0.1) is 0 Å². The van der Waals surface area contributed by atoms with E-state index in [4.69, 9.17) is 24.7 Å². The Hall–Kier alpha value is -10.3. The van der Waals surface area contributed by atoms with E-state index in [2.05, 4.69) is 49.1 Å². The molecule has 0 aromatic heterocycles. The van der Waals surface area contributed by atoms with Crippen molar-refractivity contribution >= 4 is 54.0 Å². The van der Waals surface area contributed by atoms with E-state index < -0.39 is 72.2 Å². The van der Waals surface area contributed by atoms with Gasteiger partial charge in [0.15, 0.2) is 0 Å². The molecular weight excluding hydrogens is 1140 g/mol. The zero-order chi connectivity index (χ0) is 63.8. The van der Waals surface area contributed by atoms with Gasteiger partial charge in [-0.25, -0.2) is 19.2 Å². The van der Waals surface area contributed by atoms with Crippen LogP contribution in [0.3, 0.4) is 0 Å². The highest BCUT2D eigenvalue weighted by Gasteiger charge is 2.32. The first-order valence-electron chi connectivity index (χ1n) is 29.5. The summed E-state index contributed by atoms with van der Waals surface area (Å²) in [5.74, 6) is -3.66. The molecule has 6 rings (SSSR count). The Kier molecular flexibility index (Phi) is 28.0. The van der Waals surface area contributed by atoms with E-state index in [0.717, 1.165) is 29.5 Å². The lowest BCUT2D eigenvalue weighted by molar-refractivity contribution is -0.133. The Labute approximate surface area is 518 Å². The minimum Gasteiger partial charge on any atom is -0.508 e. The average molecular weight is 1220 g/mol. The Morgan fingerprint density at radius 1 is 0.472 bits per heavy atom. The number of unbranched alkanes of at least 4 members (excludes halogenated alkanes) is 1. The van der Waals surface area contributed by atoms with Crippen LogP contribution in [-0.4, -0.2) is 96.3 Å². The highest BCUT2D eigenvalue weighted by atomic mass is 16.6. The maximum Gasteiger partial charge on any atom is 0.414 e. The summed E-state index contributed by atoms with van der Waals surface area (Å²) >= 11 is 0. The van der Waals surface area contributed by atoms with Crippen molar-refractivity contribution in [1.82, 2.24) is 37.2 Å². The molecular formula is C67H79N9O13. The number of nitrogens with one attached hydrogen (secondary N) is 7. The third-order valence-corrected chi connectivity index (χ3v) is 14.0. The van der Waals surface area contributed by atoms with Crippen LogP contribution in [0.1, 0.15) is 95.5 Å². The molecule has 0 bridgehead atoms. The van der Waals surface area contributed by atoms with Crippen LogP contribution < -0.4 is 43.0 Å². The molecule has 6 aromatic rings. The maximum absolute atomic E-state index is 14.9. The van der Waals surface area contributed by atoms with Crippen molar-refractivity contribution in [3.05, 3.63) is 208 Å². The normalized spacial score (nSPS) is 12.3. The summed E-state index contributed by atoms with van der Waals surface area (Å²) in [6.45, 7) is 5.28. The van der Waals surface area contributed by atoms with Gasteiger partial charge in [0.25, 0.3) is 0 Å². The number of benzene rings is 6. The largest absolute Gasteiger partial charge is 0.508 e. The number of phenolic OH excluding ortho intramolecular Hbond substituents is 1. The summed E-state index contributed by atoms with van der Waals surface area (Å²) in [7, 11) is 0. The standard InChI is InChI=1S/C67H79N9O13/c1-4-21-47-30-19-31-52(38-47)44-89-67(85)76-63(75-66(84)88-43-51-28-15-8-16-29-51)69-35-20-33-56(72-62(81)58(40-54-45(2)36-53(77)37-46(54)3)74-65(83)87-42-50-26-13-7-14-27-50)60(79)73-57(39-48-22-9-5-10-23-48)61(80)71-55(59(68)78)32-17-18-34-70-64(82)86-41-49-24-11-6-12-25-49/h5-16,19,22-31,36-38,55-58,77H,4,17-18,20-21,32-35,39-44H2,1-3H3,(H2,68,78)(H,70,82)(H,71,80)(H,72,81)(H,73,79)(H,74,83)(H2,69,75,76,84,85). The van der Waals surface area contributed by atoms with Crippen LogP contribution >= 0.6 is 0 Å². The third kappa shape index (κ3) is 24.9. The van der Waals surface area contributed by atoms with Crippen molar-refractivity contribution < 1.29 is 62.4 Å². The molecule has 6 aromatic carbocycles. The number of alkyl carbamates (subject to hydrolysis) is 4.